The molecule has 0 atom stereocenters. The Morgan fingerprint density at radius 2 is 1.65 bits per heavy atom. The number of fused-ring (bicyclic) bond motifs is 1. The lowest BCUT2D eigenvalue weighted by Crippen LogP contribution is -2.15. The summed E-state index contributed by atoms with van der Waals surface area (Å²) in [6.07, 6.45) is 0. The quantitative estimate of drug-likeness (QED) is 0.549. The first kappa shape index (κ1) is 13.2. The number of rotatable bonds is 2. The number of benzene rings is 2. The number of nitrogens with one attached hydrogen (secondary N) is 1. The Morgan fingerprint density at radius 3 is 2.39 bits per heavy atom. The molecular weight excluding hydrogens is 292 g/mol. The van der Waals surface area contributed by atoms with E-state index < -0.39 is 0 Å². The van der Waals surface area contributed by atoms with Gasteiger partial charge in [0.2, 0.25) is 0 Å². The van der Waals surface area contributed by atoms with Crippen LogP contribution in [0, 0.1) is 0 Å². The molecule has 3 N–H and O–H groups in total. The lowest BCUT2D eigenvalue weighted by atomic mass is 10.2. The summed E-state index contributed by atoms with van der Waals surface area (Å²) in [5.74, 6) is 0.829. The van der Waals surface area contributed by atoms with Crippen LogP contribution in [0.1, 0.15) is 0 Å². The molecule has 0 aliphatic rings. The Morgan fingerprint density at radius 1 is 0.913 bits per heavy atom. The van der Waals surface area contributed by atoms with E-state index in [1.807, 2.05) is 42.5 Å². The van der Waals surface area contributed by atoms with E-state index in [1.165, 1.54) is 4.52 Å². The minimum atomic E-state index is -0.306. The van der Waals surface area contributed by atoms with E-state index in [-0.39, 0.29) is 5.56 Å². The van der Waals surface area contributed by atoms with E-state index in [2.05, 4.69) is 20.3 Å². The largest absolute Gasteiger partial charge is 0.399 e. The van der Waals surface area contributed by atoms with Gasteiger partial charge in [0.15, 0.2) is 11.5 Å². The average Bonchev–Trinajstić information content (AvgIpc) is 2.98. The molecule has 4 rings (SSSR count). The van der Waals surface area contributed by atoms with Crippen LogP contribution >= 0.6 is 0 Å². The zero-order valence-electron chi connectivity index (χ0n) is 12.0. The molecule has 0 radical (unpaired) electrons. The molecule has 2 heterocycles. The lowest BCUT2D eigenvalue weighted by molar-refractivity contribution is 0.898. The minimum absolute atomic E-state index is 0.293. The van der Waals surface area contributed by atoms with Crippen molar-refractivity contribution in [3.63, 3.8) is 0 Å². The van der Waals surface area contributed by atoms with E-state index in [0.29, 0.717) is 23.0 Å². The second kappa shape index (κ2) is 5.06. The fourth-order valence-corrected chi connectivity index (χ4v) is 2.36. The van der Waals surface area contributed by atoms with Gasteiger partial charge >= 0.3 is 0 Å². The van der Waals surface area contributed by atoms with Crippen LogP contribution in [-0.2, 0) is 0 Å². The molecule has 0 bridgehead atoms. The molecule has 112 valence electrons. The first-order valence-electron chi connectivity index (χ1n) is 6.99. The number of hydrogen-bond donors (Lipinski definition) is 2. The van der Waals surface area contributed by atoms with Gasteiger partial charge in [-0.2, -0.15) is 9.61 Å². The highest BCUT2D eigenvalue weighted by Crippen LogP contribution is 2.19. The molecule has 7 heteroatoms. The van der Waals surface area contributed by atoms with E-state index in [1.54, 1.807) is 12.1 Å². The fraction of sp³-hybridized carbons (Fsp3) is 0. The van der Waals surface area contributed by atoms with Crippen LogP contribution in [-0.4, -0.2) is 24.8 Å². The Bertz CT molecular complexity index is 1030. The Hall–Kier alpha value is -3.48. The van der Waals surface area contributed by atoms with E-state index in [9.17, 15) is 4.79 Å². The van der Waals surface area contributed by atoms with Crippen molar-refractivity contribution in [3.8, 4) is 22.6 Å². The zero-order valence-corrected chi connectivity index (χ0v) is 12.0. The maximum Gasteiger partial charge on any atom is 0.279 e. The average molecular weight is 304 g/mol. The highest BCUT2D eigenvalue weighted by Gasteiger charge is 2.13. The Kier molecular flexibility index (Phi) is 2.90. The molecule has 0 unspecified atom stereocenters. The van der Waals surface area contributed by atoms with Crippen molar-refractivity contribution in [2.45, 2.75) is 0 Å². The van der Waals surface area contributed by atoms with Gasteiger partial charge in [0.1, 0.15) is 0 Å². The Labute approximate surface area is 130 Å². The monoisotopic (exact) mass is 304 g/mol. The second-order valence-electron chi connectivity index (χ2n) is 5.05. The molecule has 23 heavy (non-hydrogen) atoms. The van der Waals surface area contributed by atoms with Crippen molar-refractivity contribution in [2.24, 2.45) is 0 Å². The van der Waals surface area contributed by atoms with Crippen LogP contribution in [0.2, 0.25) is 0 Å². The van der Waals surface area contributed by atoms with Crippen LogP contribution in [0.15, 0.2) is 59.4 Å². The fourth-order valence-electron chi connectivity index (χ4n) is 2.36. The topological polar surface area (TPSA) is 102 Å². The highest BCUT2D eigenvalue weighted by atomic mass is 16.1. The van der Waals surface area contributed by atoms with E-state index in [0.717, 1.165) is 11.1 Å². The number of hydrogen-bond acceptors (Lipinski definition) is 5. The zero-order chi connectivity index (χ0) is 15.8. The minimum Gasteiger partial charge on any atom is -0.399 e. The summed E-state index contributed by atoms with van der Waals surface area (Å²) in [5.41, 5.74) is 7.92. The summed E-state index contributed by atoms with van der Waals surface area (Å²) in [7, 11) is 0. The number of aromatic nitrogens is 5. The Balaban J connectivity index is 1.95. The number of nitrogens with zero attached hydrogens (tertiary/aromatic N) is 4. The number of aromatic amines is 1. The van der Waals surface area contributed by atoms with Crippen molar-refractivity contribution in [2.75, 3.05) is 5.73 Å². The van der Waals surface area contributed by atoms with Gasteiger partial charge in [-0.25, -0.2) is 0 Å². The van der Waals surface area contributed by atoms with Crippen LogP contribution < -0.4 is 11.3 Å². The van der Waals surface area contributed by atoms with Gasteiger partial charge in [-0.3, -0.25) is 9.78 Å². The maximum absolute atomic E-state index is 12.2. The number of nitrogens with two attached hydrogens (primary N) is 1. The summed E-state index contributed by atoms with van der Waals surface area (Å²) >= 11 is 0. The van der Waals surface area contributed by atoms with Crippen molar-refractivity contribution in [1.29, 1.82) is 0 Å². The molecule has 4 aromatic rings. The molecule has 0 aliphatic carbocycles. The summed E-state index contributed by atoms with van der Waals surface area (Å²) in [6, 6.07) is 16.5. The molecule has 0 saturated heterocycles. The van der Waals surface area contributed by atoms with E-state index in [4.69, 9.17) is 5.73 Å². The first-order valence-corrected chi connectivity index (χ1v) is 6.99. The molecule has 0 saturated carbocycles. The van der Waals surface area contributed by atoms with Crippen LogP contribution in [0.3, 0.4) is 0 Å². The number of H-pyrrole nitrogens is 1. The summed E-state index contributed by atoms with van der Waals surface area (Å²) in [4.78, 5) is 14.9. The molecule has 2 aromatic carbocycles. The molecule has 0 fully saturated rings. The van der Waals surface area contributed by atoms with Crippen LogP contribution in [0.4, 0.5) is 5.69 Å². The third kappa shape index (κ3) is 2.24. The van der Waals surface area contributed by atoms with Gasteiger partial charge < -0.3 is 5.73 Å². The van der Waals surface area contributed by atoms with Gasteiger partial charge in [0.05, 0.1) is 0 Å². The van der Waals surface area contributed by atoms with E-state index >= 15 is 0 Å². The summed E-state index contributed by atoms with van der Waals surface area (Å²) in [6.45, 7) is 0. The van der Waals surface area contributed by atoms with Gasteiger partial charge in [0.25, 0.3) is 11.3 Å². The first-order chi connectivity index (χ1) is 11.2. The number of anilines is 1. The van der Waals surface area contributed by atoms with Crippen molar-refractivity contribution in [3.05, 3.63) is 65.0 Å². The third-order valence-electron chi connectivity index (χ3n) is 3.50. The molecule has 0 spiro atoms. The maximum atomic E-state index is 12.2. The van der Waals surface area contributed by atoms with Gasteiger partial charge in [0, 0.05) is 16.8 Å². The SMILES string of the molecule is Nc1ccc(-c2nnc3[nH]c(=O)c(-c4ccccc4)nn23)cc1. The molecule has 0 amide bonds. The summed E-state index contributed by atoms with van der Waals surface area (Å²) < 4.78 is 1.52. The molecular formula is C16H12N6O. The smallest absolute Gasteiger partial charge is 0.279 e. The predicted octanol–water partition coefficient (Wildman–Crippen LogP) is 1.73. The molecule has 2 aromatic heterocycles. The van der Waals surface area contributed by atoms with Crippen molar-refractivity contribution >= 4 is 11.5 Å². The van der Waals surface area contributed by atoms with Crippen LogP contribution in [0.5, 0.6) is 0 Å². The van der Waals surface area contributed by atoms with Crippen molar-refractivity contribution < 1.29 is 0 Å². The van der Waals surface area contributed by atoms with Gasteiger partial charge in [-0.05, 0) is 24.3 Å². The van der Waals surface area contributed by atoms with Crippen molar-refractivity contribution in [1.82, 2.24) is 24.8 Å². The molecule has 0 aliphatic heterocycles. The van der Waals surface area contributed by atoms with Crippen LogP contribution in [0.25, 0.3) is 28.4 Å². The van der Waals surface area contributed by atoms with Gasteiger partial charge in [-0.1, -0.05) is 30.3 Å². The highest BCUT2D eigenvalue weighted by molar-refractivity contribution is 5.62. The third-order valence-corrected chi connectivity index (χ3v) is 3.50. The molecule has 7 nitrogen and oxygen atoms in total. The number of nitrogen functional groups attached to an aromatic ring is 1. The summed E-state index contributed by atoms with van der Waals surface area (Å²) in [5, 5.41) is 12.5. The second-order valence-corrected chi connectivity index (χ2v) is 5.05. The standard InChI is InChI=1S/C16H12N6O/c17-12-8-6-11(7-9-12)14-19-20-16-18-15(23)13(21-22(14)16)10-4-2-1-3-5-10/h1-9H,17H2,(H,18,20,23). The van der Waals surface area contributed by atoms with Gasteiger partial charge in [-0.15, -0.1) is 10.2 Å². The lowest BCUT2D eigenvalue weighted by Gasteiger charge is -2.03. The predicted molar refractivity (Wildman–Crippen MR) is 86.7 cm³/mol. The normalized spacial score (nSPS) is 11.0.